The molecule has 1 aliphatic heterocycles. The summed E-state index contributed by atoms with van der Waals surface area (Å²) >= 11 is 0. The normalized spacial score (nSPS) is 15.9. The fourth-order valence-electron chi connectivity index (χ4n) is 4.07. The maximum atomic E-state index is 11.2. The zero-order chi connectivity index (χ0) is 22.3. The molecule has 1 fully saturated rings. The van der Waals surface area contributed by atoms with Crippen molar-refractivity contribution < 1.29 is 19.4 Å². The molecule has 1 saturated heterocycles. The molecule has 0 aliphatic carbocycles. The number of nitrogens with zero attached hydrogens (tertiary/aromatic N) is 2. The van der Waals surface area contributed by atoms with E-state index in [4.69, 9.17) is 14.6 Å². The third-order valence-corrected chi connectivity index (χ3v) is 5.80. The van der Waals surface area contributed by atoms with Gasteiger partial charge in [-0.25, -0.2) is 9.78 Å². The second-order valence-electron chi connectivity index (χ2n) is 7.99. The van der Waals surface area contributed by atoms with Crippen molar-refractivity contribution in [3.05, 3.63) is 95.3 Å². The van der Waals surface area contributed by atoms with E-state index in [0.29, 0.717) is 6.54 Å². The Hall–Kier alpha value is -3.22. The zero-order valence-electron chi connectivity index (χ0n) is 18.2. The van der Waals surface area contributed by atoms with Crippen molar-refractivity contribution in [1.29, 1.82) is 0 Å². The Morgan fingerprint density at radius 1 is 1.00 bits per heavy atom. The minimum Gasteiger partial charge on any atom is -0.497 e. The van der Waals surface area contributed by atoms with E-state index in [0.717, 1.165) is 48.5 Å². The monoisotopic (exact) mass is 432 g/mol. The number of methoxy groups -OCH3 is 1. The molecule has 4 rings (SSSR count). The van der Waals surface area contributed by atoms with Crippen LogP contribution in [0.15, 0.2) is 72.8 Å². The molecular formula is C26H28N2O4. The highest BCUT2D eigenvalue weighted by molar-refractivity contribution is 5.85. The van der Waals surface area contributed by atoms with Gasteiger partial charge in [0, 0.05) is 19.6 Å². The average molecular weight is 433 g/mol. The number of aromatic carboxylic acids is 1. The summed E-state index contributed by atoms with van der Waals surface area (Å²) in [5, 5.41) is 9.15. The quantitative estimate of drug-likeness (QED) is 0.563. The molecule has 0 bridgehead atoms. The van der Waals surface area contributed by atoms with Crippen LogP contribution in [0.1, 0.15) is 46.3 Å². The highest BCUT2D eigenvalue weighted by Crippen LogP contribution is 2.31. The summed E-state index contributed by atoms with van der Waals surface area (Å²) in [7, 11) is 1.67. The Kier molecular flexibility index (Phi) is 7.14. The number of ether oxygens (including phenoxy) is 2. The van der Waals surface area contributed by atoms with Gasteiger partial charge in [0.25, 0.3) is 0 Å². The lowest BCUT2D eigenvalue weighted by Crippen LogP contribution is -2.37. The molecule has 1 unspecified atom stereocenters. The Morgan fingerprint density at radius 3 is 2.34 bits per heavy atom. The Balaban J connectivity index is 1.40. The van der Waals surface area contributed by atoms with E-state index in [1.165, 1.54) is 6.07 Å². The first kappa shape index (κ1) is 22.0. The Morgan fingerprint density at radius 2 is 1.69 bits per heavy atom. The van der Waals surface area contributed by atoms with E-state index in [9.17, 15) is 4.79 Å². The van der Waals surface area contributed by atoms with Gasteiger partial charge >= 0.3 is 5.97 Å². The number of pyridine rings is 1. The molecule has 1 aromatic heterocycles. The number of carboxylic acid groups (broad SMARTS) is 1. The predicted molar refractivity (Wildman–Crippen MR) is 122 cm³/mol. The minimum absolute atomic E-state index is 0.0888. The van der Waals surface area contributed by atoms with Crippen LogP contribution in [0.2, 0.25) is 0 Å². The van der Waals surface area contributed by atoms with Crippen LogP contribution in [0.4, 0.5) is 0 Å². The molecule has 6 heteroatoms. The lowest BCUT2D eigenvalue weighted by Gasteiger charge is -2.34. The first-order valence-electron chi connectivity index (χ1n) is 10.9. The molecule has 1 N–H and O–H groups in total. The molecule has 1 atom stereocenters. The van der Waals surface area contributed by atoms with Gasteiger partial charge in [-0.15, -0.1) is 0 Å². The Bertz CT molecular complexity index is 1020. The molecule has 32 heavy (non-hydrogen) atoms. The van der Waals surface area contributed by atoms with Crippen LogP contribution in [0.5, 0.6) is 5.75 Å². The number of carbonyl (C=O) groups is 1. The van der Waals surface area contributed by atoms with E-state index in [1.54, 1.807) is 13.2 Å². The van der Waals surface area contributed by atoms with Crippen LogP contribution >= 0.6 is 0 Å². The van der Waals surface area contributed by atoms with Crippen LogP contribution in [-0.2, 0) is 11.3 Å². The van der Waals surface area contributed by atoms with E-state index < -0.39 is 5.97 Å². The SMILES string of the molecule is COc1ccc(C(OC2CCN(Cc3cccc(C(=O)O)n3)CC2)c2ccccc2)cc1. The lowest BCUT2D eigenvalue weighted by atomic mass is 10.00. The van der Waals surface area contributed by atoms with E-state index >= 15 is 0 Å². The molecule has 0 saturated carbocycles. The van der Waals surface area contributed by atoms with Gasteiger partial charge in [0.15, 0.2) is 0 Å². The van der Waals surface area contributed by atoms with Crippen molar-refractivity contribution in [2.24, 2.45) is 0 Å². The van der Waals surface area contributed by atoms with Crippen LogP contribution in [0, 0.1) is 0 Å². The topological polar surface area (TPSA) is 71.9 Å². The summed E-state index contributed by atoms with van der Waals surface area (Å²) in [4.78, 5) is 17.7. The van der Waals surface area contributed by atoms with Gasteiger partial charge in [-0.1, -0.05) is 48.5 Å². The largest absolute Gasteiger partial charge is 0.497 e. The van der Waals surface area contributed by atoms with Gasteiger partial charge in [-0.05, 0) is 48.2 Å². The second kappa shape index (κ2) is 10.4. The van der Waals surface area contributed by atoms with Crippen molar-refractivity contribution in [3.8, 4) is 5.75 Å². The van der Waals surface area contributed by atoms with Gasteiger partial charge in [-0.3, -0.25) is 4.90 Å². The second-order valence-corrected chi connectivity index (χ2v) is 7.99. The van der Waals surface area contributed by atoms with Crippen LogP contribution < -0.4 is 4.74 Å². The first-order chi connectivity index (χ1) is 15.6. The molecular weight excluding hydrogens is 404 g/mol. The predicted octanol–water partition coefficient (Wildman–Crippen LogP) is 4.56. The maximum absolute atomic E-state index is 11.2. The van der Waals surface area contributed by atoms with Crippen LogP contribution in [-0.4, -0.2) is 47.3 Å². The zero-order valence-corrected chi connectivity index (χ0v) is 18.2. The molecule has 2 heterocycles. The van der Waals surface area contributed by atoms with Crippen LogP contribution in [0.25, 0.3) is 0 Å². The van der Waals surface area contributed by atoms with Crippen molar-refractivity contribution in [1.82, 2.24) is 9.88 Å². The highest BCUT2D eigenvalue weighted by Gasteiger charge is 2.25. The van der Waals surface area contributed by atoms with Crippen LogP contribution in [0.3, 0.4) is 0 Å². The van der Waals surface area contributed by atoms with Crippen molar-refractivity contribution in [3.63, 3.8) is 0 Å². The summed E-state index contributed by atoms with van der Waals surface area (Å²) in [5.74, 6) is -0.168. The van der Waals surface area contributed by atoms with Crippen molar-refractivity contribution in [2.45, 2.75) is 31.6 Å². The number of rotatable bonds is 8. The Labute approximate surface area is 188 Å². The third-order valence-electron chi connectivity index (χ3n) is 5.80. The number of hydrogen-bond donors (Lipinski definition) is 1. The number of hydrogen-bond acceptors (Lipinski definition) is 5. The molecule has 0 spiro atoms. The minimum atomic E-state index is -0.996. The average Bonchev–Trinajstić information content (AvgIpc) is 2.84. The number of piperidine rings is 1. The summed E-state index contributed by atoms with van der Waals surface area (Å²) < 4.78 is 11.9. The summed E-state index contributed by atoms with van der Waals surface area (Å²) in [6, 6.07) is 23.5. The standard InChI is InChI=1S/C26H28N2O4/c1-31-22-12-10-20(11-13-22)25(19-6-3-2-4-7-19)32-23-14-16-28(17-15-23)18-21-8-5-9-24(27-21)26(29)30/h2-13,23,25H,14-18H2,1H3,(H,29,30). The number of aromatic nitrogens is 1. The van der Waals surface area contributed by atoms with E-state index in [-0.39, 0.29) is 17.9 Å². The molecule has 0 amide bonds. The molecule has 0 radical (unpaired) electrons. The van der Waals surface area contributed by atoms with Gasteiger partial charge in [0.1, 0.15) is 17.5 Å². The molecule has 6 nitrogen and oxygen atoms in total. The van der Waals surface area contributed by atoms with E-state index in [2.05, 4.69) is 34.1 Å². The molecule has 1 aliphatic rings. The van der Waals surface area contributed by atoms with E-state index in [1.807, 2.05) is 36.4 Å². The number of likely N-dealkylation sites (tertiary alicyclic amines) is 1. The molecule has 3 aromatic rings. The maximum Gasteiger partial charge on any atom is 0.354 e. The highest BCUT2D eigenvalue weighted by atomic mass is 16.5. The fraction of sp³-hybridized carbons (Fsp3) is 0.308. The lowest BCUT2D eigenvalue weighted by molar-refractivity contribution is -0.0283. The molecule has 166 valence electrons. The smallest absolute Gasteiger partial charge is 0.354 e. The summed E-state index contributed by atoms with van der Waals surface area (Å²) in [5.41, 5.74) is 3.11. The number of benzene rings is 2. The third kappa shape index (κ3) is 5.52. The van der Waals surface area contributed by atoms with Crippen molar-refractivity contribution >= 4 is 5.97 Å². The van der Waals surface area contributed by atoms with Gasteiger partial charge in [0.05, 0.1) is 18.9 Å². The number of carboxylic acids is 1. The molecule has 2 aromatic carbocycles. The summed E-state index contributed by atoms with van der Waals surface area (Å²) in [6.07, 6.45) is 1.85. The first-order valence-corrected chi connectivity index (χ1v) is 10.9. The van der Waals surface area contributed by atoms with Gasteiger partial charge in [-0.2, -0.15) is 0 Å². The summed E-state index contributed by atoms with van der Waals surface area (Å²) in [6.45, 7) is 2.41. The van der Waals surface area contributed by atoms with Gasteiger partial charge in [0.2, 0.25) is 0 Å². The fourth-order valence-corrected chi connectivity index (χ4v) is 4.07. The van der Waals surface area contributed by atoms with Gasteiger partial charge < -0.3 is 14.6 Å². The van der Waals surface area contributed by atoms with Crippen molar-refractivity contribution in [2.75, 3.05) is 20.2 Å².